The Morgan fingerprint density at radius 2 is 1.90 bits per heavy atom. The molecule has 0 atom stereocenters. The smallest absolute Gasteiger partial charge is 0.233 e. The summed E-state index contributed by atoms with van der Waals surface area (Å²) in [5, 5.41) is 10.0. The molecule has 2 aromatic heterocycles. The minimum Gasteiger partial charge on any atom is -0.335 e. The van der Waals surface area contributed by atoms with E-state index >= 15 is 0 Å². The molecule has 0 spiro atoms. The largest absolute Gasteiger partial charge is 0.335 e. The maximum atomic E-state index is 12.6. The van der Waals surface area contributed by atoms with Crippen molar-refractivity contribution in [3.05, 3.63) is 78.1 Å². The van der Waals surface area contributed by atoms with Crippen LogP contribution >= 0.6 is 35.0 Å². The lowest BCUT2D eigenvalue weighted by molar-refractivity contribution is -0.127. The van der Waals surface area contributed by atoms with E-state index in [9.17, 15) is 4.79 Å². The van der Waals surface area contributed by atoms with Crippen molar-refractivity contribution in [3.63, 3.8) is 0 Å². The van der Waals surface area contributed by atoms with Gasteiger partial charge in [-0.05, 0) is 30.3 Å². The first kappa shape index (κ1) is 22.1. The molecule has 0 saturated heterocycles. The fourth-order valence-electron chi connectivity index (χ4n) is 2.71. The number of pyridine rings is 1. The Labute approximate surface area is 189 Å². The summed E-state index contributed by atoms with van der Waals surface area (Å²) in [4.78, 5) is 18.4. The molecule has 3 aromatic rings. The van der Waals surface area contributed by atoms with E-state index < -0.39 is 0 Å². The molecule has 9 heteroatoms. The number of halogens is 2. The molecule has 154 valence electrons. The molecule has 3 rings (SSSR count). The van der Waals surface area contributed by atoms with Gasteiger partial charge in [0, 0.05) is 31.0 Å². The molecule has 2 heterocycles. The van der Waals surface area contributed by atoms with E-state index in [1.54, 1.807) is 41.6 Å². The van der Waals surface area contributed by atoms with E-state index in [0.29, 0.717) is 34.1 Å². The minimum atomic E-state index is -0.0496. The number of aromatic nitrogens is 4. The topological polar surface area (TPSA) is 63.9 Å². The Bertz CT molecular complexity index is 1040. The average Bonchev–Trinajstić information content (AvgIpc) is 3.18. The highest BCUT2D eigenvalue weighted by molar-refractivity contribution is 7.99. The van der Waals surface area contributed by atoms with Gasteiger partial charge in [0.25, 0.3) is 0 Å². The highest BCUT2D eigenvalue weighted by Gasteiger charge is 2.19. The molecule has 1 amide bonds. The zero-order chi connectivity index (χ0) is 21.5. The fourth-order valence-corrected chi connectivity index (χ4v) is 3.86. The van der Waals surface area contributed by atoms with Crippen LogP contribution in [0.2, 0.25) is 10.0 Å². The second kappa shape index (κ2) is 10.4. The van der Waals surface area contributed by atoms with Gasteiger partial charge >= 0.3 is 0 Å². The summed E-state index contributed by atoms with van der Waals surface area (Å²) in [5.41, 5.74) is 1.52. The van der Waals surface area contributed by atoms with Crippen LogP contribution in [0.5, 0.6) is 0 Å². The van der Waals surface area contributed by atoms with E-state index in [2.05, 4.69) is 28.3 Å². The Morgan fingerprint density at radius 1 is 1.13 bits per heavy atom. The first-order chi connectivity index (χ1) is 14.5. The normalized spacial score (nSPS) is 10.6. The average molecular weight is 460 g/mol. The van der Waals surface area contributed by atoms with Crippen LogP contribution in [-0.4, -0.2) is 49.4 Å². The summed E-state index contributed by atoms with van der Waals surface area (Å²) >= 11 is 13.6. The number of benzene rings is 1. The zero-order valence-corrected chi connectivity index (χ0v) is 18.4. The van der Waals surface area contributed by atoms with Crippen molar-refractivity contribution in [2.24, 2.45) is 0 Å². The number of rotatable bonds is 9. The lowest BCUT2D eigenvalue weighted by Gasteiger charge is -2.19. The Hall–Kier alpha value is -2.61. The van der Waals surface area contributed by atoms with Gasteiger partial charge in [-0.25, -0.2) is 0 Å². The fraction of sp³-hybridized carbons (Fsp3) is 0.143. The summed E-state index contributed by atoms with van der Waals surface area (Å²) in [6.45, 7) is 8.30. The van der Waals surface area contributed by atoms with Gasteiger partial charge in [-0.15, -0.1) is 23.4 Å². The summed E-state index contributed by atoms with van der Waals surface area (Å²) in [5.74, 6) is 0.727. The van der Waals surface area contributed by atoms with Gasteiger partial charge in [0.2, 0.25) is 5.91 Å². The number of amides is 1. The monoisotopic (exact) mass is 459 g/mol. The van der Waals surface area contributed by atoms with Gasteiger partial charge in [-0.3, -0.25) is 14.3 Å². The van der Waals surface area contributed by atoms with Gasteiger partial charge < -0.3 is 4.90 Å². The van der Waals surface area contributed by atoms with Crippen LogP contribution in [0.15, 0.2) is 73.2 Å². The first-order valence-electron chi connectivity index (χ1n) is 8.98. The van der Waals surface area contributed by atoms with Gasteiger partial charge in [0.1, 0.15) is 0 Å². The maximum absolute atomic E-state index is 12.6. The molecule has 0 aliphatic heterocycles. The Balaban J connectivity index is 1.95. The molecule has 6 nitrogen and oxygen atoms in total. The van der Waals surface area contributed by atoms with Crippen LogP contribution < -0.4 is 0 Å². The van der Waals surface area contributed by atoms with Crippen LogP contribution in [0.1, 0.15) is 0 Å². The van der Waals surface area contributed by atoms with Crippen LogP contribution in [0.3, 0.4) is 0 Å². The van der Waals surface area contributed by atoms with E-state index in [-0.39, 0.29) is 11.7 Å². The van der Waals surface area contributed by atoms with Crippen LogP contribution in [0.4, 0.5) is 0 Å². The molecule has 0 aliphatic rings. The second-order valence-electron chi connectivity index (χ2n) is 6.15. The quantitative estimate of drug-likeness (QED) is 0.335. The van der Waals surface area contributed by atoms with Crippen molar-refractivity contribution in [3.8, 4) is 17.1 Å². The first-order valence-corrected chi connectivity index (χ1v) is 10.7. The van der Waals surface area contributed by atoms with Crippen molar-refractivity contribution < 1.29 is 4.79 Å². The number of thioether (sulfide) groups is 1. The van der Waals surface area contributed by atoms with Crippen molar-refractivity contribution >= 4 is 40.9 Å². The predicted molar refractivity (Wildman–Crippen MR) is 122 cm³/mol. The molecule has 0 radical (unpaired) electrons. The van der Waals surface area contributed by atoms with Crippen molar-refractivity contribution in [1.82, 2.24) is 24.6 Å². The SMILES string of the molecule is C=CCN(CC=C)C(=O)CSc1nnc(-c2cccnc2)n1-c1ccc(Cl)c(Cl)c1. The lowest BCUT2D eigenvalue weighted by Crippen LogP contribution is -2.32. The van der Waals surface area contributed by atoms with Crippen molar-refractivity contribution in [2.75, 3.05) is 18.8 Å². The van der Waals surface area contributed by atoms with Crippen molar-refractivity contribution in [1.29, 1.82) is 0 Å². The number of carbonyl (C=O) groups excluding carboxylic acids is 1. The molecule has 0 bridgehead atoms. The third kappa shape index (κ3) is 5.11. The summed E-state index contributed by atoms with van der Waals surface area (Å²) in [6.07, 6.45) is 6.76. The minimum absolute atomic E-state index is 0.0496. The Morgan fingerprint density at radius 3 is 2.53 bits per heavy atom. The summed E-state index contributed by atoms with van der Waals surface area (Å²) in [7, 11) is 0. The second-order valence-corrected chi connectivity index (χ2v) is 7.90. The molecule has 1 aromatic carbocycles. The van der Waals surface area contributed by atoms with E-state index in [0.717, 1.165) is 11.3 Å². The summed E-state index contributed by atoms with van der Waals surface area (Å²) < 4.78 is 1.84. The van der Waals surface area contributed by atoms with E-state index in [1.807, 2.05) is 22.8 Å². The maximum Gasteiger partial charge on any atom is 0.233 e. The predicted octanol–water partition coefficient (Wildman–Crippen LogP) is 4.93. The molecule has 0 unspecified atom stereocenters. The molecule has 0 N–H and O–H groups in total. The van der Waals surface area contributed by atoms with Crippen molar-refractivity contribution in [2.45, 2.75) is 5.16 Å². The van der Waals surface area contributed by atoms with Gasteiger partial charge in [-0.2, -0.15) is 0 Å². The number of carbonyl (C=O) groups is 1. The molecule has 0 saturated carbocycles. The zero-order valence-electron chi connectivity index (χ0n) is 16.0. The van der Waals surface area contributed by atoms with E-state index in [1.165, 1.54) is 11.8 Å². The third-order valence-corrected chi connectivity index (χ3v) is 5.74. The highest BCUT2D eigenvalue weighted by atomic mass is 35.5. The number of nitrogens with zero attached hydrogens (tertiary/aromatic N) is 5. The molecule has 0 fully saturated rings. The molecule has 30 heavy (non-hydrogen) atoms. The number of hydrogen-bond acceptors (Lipinski definition) is 5. The highest BCUT2D eigenvalue weighted by Crippen LogP contribution is 2.31. The Kier molecular flexibility index (Phi) is 7.68. The van der Waals surface area contributed by atoms with Gasteiger partial charge in [0.05, 0.1) is 21.5 Å². The molecular weight excluding hydrogens is 441 g/mol. The van der Waals surface area contributed by atoms with Gasteiger partial charge in [-0.1, -0.05) is 47.1 Å². The van der Waals surface area contributed by atoms with Crippen LogP contribution in [-0.2, 0) is 4.79 Å². The molecular formula is C21H19Cl2N5OS. The van der Waals surface area contributed by atoms with Crippen LogP contribution in [0.25, 0.3) is 17.1 Å². The standard InChI is InChI=1S/C21H19Cl2N5OS/c1-3-10-27(11-4-2)19(29)14-30-21-26-25-20(15-6-5-9-24-13-15)28(21)16-7-8-17(22)18(23)12-16/h3-9,12-13H,1-2,10-11,14H2. The van der Waals surface area contributed by atoms with E-state index in [4.69, 9.17) is 23.2 Å². The summed E-state index contributed by atoms with van der Waals surface area (Å²) in [6, 6.07) is 8.98. The lowest BCUT2D eigenvalue weighted by atomic mass is 10.2. The van der Waals surface area contributed by atoms with Crippen LogP contribution in [0, 0.1) is 0 Å². The third-order valence-electron chi connectivity index (χ3n) is 4.09. The molecule has 0 aliphatic carbocycles. The van der Waals surface area contributed by atoms with Gasteiger partial charge in [0.15, 0.2) is 11.0 Å². The number of hydrogen-bond donors (Lipinski definition) is 0.